The fourth-order valence-electron chi connectivity index (χ4n) is 4.65. The van der Waals surface area contributed by atoms with Gasteiger partial charge in [-0.25, -0.2) is 4.39 Å². The van der Waals surface area contributed by atoms with Crippen LogP contribution in [0.5, 0.6) is 0 Å². The molecule has 0 radical (unpaired) electrons. The molecule has 3 N–H and O–H groups in total. The maximum Gasteiger partial charge on any atom is 0.294 e. The van der Waals surface area contributed by atoms with Crippen molar-refractivity contribution < 1.29 is 23.9 Å². The number of hydrogen-bond acceptors (Lipinski definition) is 4. The summed E-state index contributed by atoms with van der Waals surface area (Å²) in [5, 5.41) is 15.3. The average molecular weight is 456 g/mol. The van der Waals surface area contributed by atoms with Crippen LogP contribution in [0.15, 0.2) is 18.2 Å². The van der Waals surface area contributed by atoms with Gasteiger partial charge in [0.15, 0.2) is 0 Å². The first-order valence-corrected chi connectivity index (χ1v) is 11.5. The van der Waals surface area contributed by atoms with Crippen LogP contribution in [0.4, 0.5) is 10.1 Å². The zero-order chi connectivity index (χ0) is 23.9. The van der Waals surface area contributed by atoms with Crippen LogP contribution in [-0.4, -0.2) is 39.4 Å². The van der Waals surface area contributed by atoms with Crippen LogP contribution >= 0.6 is 0 Å². The highest BCUT2D eigenvalue weighted by molar-refractivity contribution is 6.43. The number of hydrogen-bond donors (Lipinski definition) is 3. The predicted molar refractivity (Wildman–Crippen MR) is 122 cm³/mol. The normalized spacial score (nSPS) is 20.4. The lowest BCUT2D eigenvalue weighted by Crippen LogP contribution is -2.42. The maximum absolute atomic E-state index is 13.6. The van der Waals surface area contributed by atoms with E-state index in [2.05, 4.69) is 10.6 Å². The van der Waals surface area contributed by atoms with E-state index in [0.29, 0.717) is 53.8 Å². The summed E-state index contributed by atoms with van der Waals surface area (Å²) in [6, 6.07) is 4.22. The van der Waals surface area contributed by atoms with E-state index in [0.717, 1.165) is 12.8 Å². The molecule has 2 saturated carbocycles. The molecule has 0 spiro atoms. The first kappa shape index (κ1) is 23.2. The van der Waals surface area contributed by atoms with Crippen molar-refractivity contribution in [1.29, 1.82) is 0 Å². The zero-order valence-electron chi connectivity index (χ0n) is 19.2. The van der Waals surface area contributed by atoms with Gasteiger partial charge >= 0.3 is 0 Å². The molecule has 33 heavy (non-hydrogen) atoms. The van der Waals surface area contributed by atoms with Crippen molar-refractivity contribution in [2.75, 3.05) is 5.32 Å². The molecule has 7 nitrogen and oxygen atoms in total. The minimum absolute atomic E-state index is 0.0529. The van der Waals surface area contributed by atoms with Gasteiger partial charge in [0.05, 0.1) is 17.4 Å². The Kier molecular flexibility index (Phi) is 6.38. The van der Waals surface area contributed by atoms with E-state index in [1.54, 1.807) is 31.5 Å². The number of aromatic nitrogens is 1. The van der Waals surface area contributed by atoms with Crippen molar-refractivity contribution >= 4 is 23.3 Å². The summed E-state index contributed by atoms with van der Waals surface area (Å²) >= 11 is 0. The number of nitrogens with one attached hydrogen (secondary N) is 2. The molecule has 2 amide bonds. The molecule has 0 aliphatic heterocycles. The number of carbonyl (C=O) groups excluding carboxylic acids is 3. The van der Waals surface area contributed by atoms with Gasteiger partial charge in [0.25, 0.3) is 17.6 Å². The summed E-state index contributed by atoms with van der Waals surface area (Å²) < 4.78 is 15.2. The van der Waals surface area contributed by atoms with E-state index in [1.165, 1.54) is 12.1 Å². The Hall–Kier alpha value is -3.00. The average Bonchev–Trinajstić information content (AvgIpc) is 3.58. The van der Waals surface area contributed by atoms with Crippen LogP contribution in [0.3, 0.4) is 0 Å². The molecule has 2 aliphatic rings. The van der Waals surface area contributed by atoms with E-state index in [4.69, 9.17) is 0 Å². The Bertz CT molecular complexity index is 1110. The first-order chi connectivity index (χ1) is 15.7. The Morgan fingerprint density at radius 3 is 2.33 bits per heavy atom. The molecular formula is C25H30FN3O4. The van der Waals surface area contributed by atoms with E-state index < -0.39 is 11.7 Å². The Labute approximate surface area is 192 Å². The van der Waals surface area contributed by atoms with Crippen molar-refractivity contribution in [2.24, 2.45) is 7.05 Å². The molecule has 8 heteroatoms. The largest absolute Gasteiger partial charge is 0.393 e. The highest BCUT2D eigenvalue weighted by Crippen LogP contribution is 2.45. The molecule has 1 aromatic heterocycles. The lowest BCUT2D eigenvalue weighted by atomic mass is 9.93. The third-order valence-electron chi connectivity index (χ3n) is 6.81. The Morgan fingerprint density at radius 1 is 1.06 bits per heavy atom. The summed E-state index contributed by atoms with van der Waals surface area (Å²) in [6.45, 7) is 3.38. The van der Waals surface area contributed by atoms with Gasteiger partial charge in [0.1, 0.15) is 5.82 Å². The monoisotopic (exact) mass is 455 g/mol. The predicted octanol–water partition coefficient (Wildman–Crippen LogP) is 3.51. The molecule has 0 atom stereocenters. The highest BCUT2D eigenvalue weighted by Gasteiger charge is 2.39. The Morgan fingerprint density at radius 2 is 1.73 bits per heavy atom. The molecule has 0 saturated heterocycles. The Balaban J connectivity index is 1.61. The second kappa shape index (κ2) is 9.09. The van der Waals surface area contributed by atoms with E-state index >= 15 is 0 Å². The number of rotatable bonds is 6. The van der Waals surface area contributed by atoms with Crippen molar-refractivity contribution in [3.05, 3.63) is 52.1 Å². The molecule has 2 aromatic rings. The second-order valence-electron chi connectivity index (χ2n) is 9.28. The number of aliphatic hydroxyl groups excluding tert-OH is 1. The number of ketones is 1. The minimum atomic E-state index is -0.681. The van der Waals surface area contributed by atoms with Crippen molar-refractivity contribution in [3.8, 4) is 0 Å². The molecule has 1 aromatic carbocycles. The van der Waals surface area contributed by atoms with Crippen LogP contribution in [0.1, 0.15) is 82.1 Å². The SMILES string of the molecule is Cc1cc(NC(=O)c2c(C3CC3)c(C(=O)C(=O)NC3CCC(O)CC3)n(C)c2C)ccc1F. The molecule has 176 valence electrons. The molecular weight excluding hydrogens is 425 g/mol. The third kappa shape index (κ3) is 4.71. The van der Waals surface area contributed by atoms with Gasteiger partial charge in [0, 0.05) is 24.5 Å². The number of benzene rings is 1. The fourth-order valence-corrected chi connectivity index (χ4v) is 4.65. The van der Waals surface area contributed by atoms with Gasteiger partial charge in [-0.2, -0.15) is 0 Å². The quantitative estimate of drug-likeness (QED) is 0.458. The number of aliphatic hydroxyl groups is 1. The summed E-state index contributed by atoms with van der Waals surface area (Å²) in [4.78, 5) is 39.3. The van der Waals surface area contributed by atoms with Crippen LogP contribution in [0, 0.1) is 19.7 Å². The number of anilines is 1. The summed E-state index contributed by atoms with van der Waals surface area (Å²) in [7, 11) is 1.69. The molecule has 1 heterocycles. The van der Waals surface area contributed by atoms with Gasteiger partial charge in [0.2, 0.25) is 0 Å². The molecule has 2 aliphatic carbocycles. The number of nitrogens with zero attached hydrogens (tertiary/aromatic N) is 1. The lowest BCUT2D eigenvalue weighted by Gasteiger charge is -2.25. The third-order valence-corrected chi connectivity index (χ3v) is 6.81. The van der Waals surface area contributed by atoms with Crippen LogP contribution in [-0.2, 0) is 11.8 Å². The highest BCUT2D eigenvalue weighted by atomic mass is 19.1. The minimum Gasteiger partial charge on any atom is -0.393 e. The number of aryl methyl sites for hydroxylation is 1. The van der Waals surface area contributed by atoms with E-state index in [9.17, 15) is 23.9 Å². The fraction of sp³-hybridized carbons (Fsp3) is 0.480. The van der Waals surface area contributed by atoms with Crippen molar-refractivity contribution in [2.45, 2.75) is 70.4 Å². The van der Waals surface area contributed by atoms with Gasteiger partial charge in [-0.15, -0.1) is 0 Å². The number of carbonyl (C=O) groups is 3. The zero-order valence-corrected chi connectivity index (χ0v) is 19.2. The van der Waals surface area contributed by atoms with E-state index in [1.807, 2.05) is 0 Å². The first-order valence-electron chi connectivity index (χ1n) is 11.5. The second-order valence-corrected chi connectivity index (χ2v) is 9.28. The maximum atomic E-state index is 13.6. The van der Waals surface area contributed by atoms with Crippen molar-refractivity contribution in [1.82, 2.24) is 9.88 Å². The number of Topliss-reactive ketones (excluding diaryl/α,β-unsaturated/α-hetero) is 1. The molecule has 0 unspecified atom stereocenters. The smallest absolute Gasteiger partial charge is 0.294 e. The molecule has 0 bridgehead atoms. The number of halogens is 1. The summed E-state index contributed by atoms with van der Waals surface area (Å²) in [6.07, 6.45) is 3.81. The lowest BCUT2D eigenvalue weighted by molar-refractivity contribution is -0.118. The van der Waals surface area contributed by atoms with Crippen LogP contribution in [0.25, 0.3) is 0 Å². The van der Waals surface area contributed by atoms with Crippen LogP contribution in [0.2, 0.25) is 0 Å². The van der Waals surface area contributed by atoms with Gasteiger partial charge < -0.3 is 20.3 Å². The van der Waals surface area contributed by atoms with E-state index in [-0.39, 0.29) is 35.5 Å². The standard InChI is InChI=1S/C25H30FN3O4/c1-13-12-17(8-11-19(13)26)28-24(32)20-14(2)29(3)22(21(20)15-4-5-15)23(31)25(33)27-16-6-9-18(30)10-7-16/h8,11-12,15-16,18,30H,4-7,9-10H2,1-3H3,(H,27,33)(H,28,32). The van der Waals surface area contributed by atoms with Gasteiger partial charge in [-0.1, -0.05) is 0 Å². The van der Waals surface area contributed by atoms with Gasteiger partial charge in [-0.3, -0.25) is 14.4 Å². The topological polar surface area (TPSA) is 100 Å². The van der Waals surface area contributed by atoms with Gasteiger partial charge in [-0.05, 0) is 87.6 Å². The van der Waals surface area contributed by atoms with Crippen molar-refractivity contribution in [3.63, 3.8) is 0 Å². The number of amides is 2. The van der Waals surface area contributed by atoms with Crippen LogP contribution < -0.4 is 10.6 Å². The molecule has 4 rings (SSSR count). The summed E-state index contributed by atoms with van der Waals surface area (Å²) in [5.74, 6) is -2.01. The summed E-state index contributed by atoms with van der Waals surface area (Å²) in [5.41, 5.74) is 2.76. The molecule has 2 fully saturated rings.